The van der Waals surface area contributed by atoms with E-state index in [4.69, 9.17) is 0 Å². The van der Waals surface area contributed by atoms with Crippen molar-refractivity contribution in [3.05, 3.63) is 75.7 Å². The van der Waals surface area contributed by atoms with E-state index in [1.807, 2.05) is 6.08 Å². The molecule has 1 amide bonds. The maximum Gasteiger partial charge on any atom is 0.259 e. The molecule has 2 heterocycles. The van der Waals surface area contributed by atoms with E-state index in [2.05, 4.69) is 65.7 Å². The molecule has 1 unspecified atom stereocenters. The number of carbonyl (C=O) groups excluding carboxylic acids is 1. The third-order valence-electron chi connectivity index (χ3n) is 4.58. The summed E-state index contributed by atoms with van der Waals surface area (Å²) in [6.45, 7) is 3.94. The van der Waals surface area contributed by atoms with Gasteiger partial charge in [-0.3, -0.25) is 9.69 Å². The van der Waals surface area contributed by atoms with E-state index in [0.717, 1.165) is 30.0 Å². The van der Waals surface area contributed by atoms with E-state index in [9.17, 15) is 4.79 Å². The van der Waals surface area contributed by atoms with Gasteiger partial charge in [0.25, 0.3) is 5.91 Å². The van der Waals surface area contributed by atoms with Crippen molar-refractivity contribution in [3.63, 3.8) is 0 Å². The summed E-state index contributed by atoms with van der Waals surface area (Å²) in [5.74, 6) is 0.0319. The number of fused-ring (bicyclic) bond motifs is 1. The number of aryl methyl sites for hydroxylation is 1. The third kappa shape index (κ3) is 3.12. The first-order chi connectivity index (χ1) is 11.7. The van der Waals surface area contributed by atoms with Gasteiger partial charge in [0.15, 0.2) is 0 Å². The lowest BCUT2D eigenvalue weighted by Crippen LogP contribution is -2.44. The lowest BCUT2D eigenvalue weighted by molar-refractivity contribution is -0.117. The van der Waals surface area contributed by atoms with E-state index in [0.29, 0.717) is 0 Å². The maximum atomic E-state index is 12.3. The number of carbonyl (C=O) groups is 1. The fourth-order valence-electron chi connectivity index (χ4n) is 3.18. The Labute approximate surface area is 146 Å². The molecule has 0 radical (unpaired) electrons. The first kappa shape index (κ1) is 15.5. The van der Waals surface area contributed by atoms with Gasteiger partial charge in [-0.05, 0) is 36.1 Å². The van der Waals surface area contributed by atoms with Gasteiger partial charge in [0.2, 0.25) is 0 Å². The van der Waals surface area contributed by atoms with Crippen molar-refractivity contribution in [2.75, 3.05) is 6.54 Å². The highest BCUT2D eigenvalue weighted by atomic mass is 32.2. The number of amides is 1. The van der Waals surface area contributed by atoms with Gasteiger partial charge in [-0.25, -0.2) is 0 Å². The van der Waals surface area contributed by atoms with Crippen LogP contribution in [0.1, 0.15) is 22.3 Å². The zero-order valence-corrected chi connectivity index (χ0v) is 14.5. The molecule has 0 saturated carbocycles. The molecule has 1 N–H and O–H groups in total. The van der Waals surface area contributed by atoms with Crippen LogP contribution < -0.4 is 5.32 Å². The molecule has 2 aromatic carbocycles. The van der Waals surface area contributed by atoms with Crippen molar-refractivity contribution in [1.82, 2.24) is 10.2 Å². The van der Waals surface area contributed by atoms with Crippen LogP contribution >= 0.6 is 11.8 Å². The topological polar surface area (TPSA) is 32.3 Å². The number of nitrogens with one attached hydrogen (secondary N) is 1. The predicted molar refractivity (Wildman–Crippen MR) is 99.2 cm³/mol. The van der Waals surface area contributed by atoms with Crippen LogP contribution in [-0.4, -0.2) is 22.8 Å². The minimum atomic E-state index is 0.0301. The van der Waals surface area contributed by atoms with Crippen molar-refractivity contribution < 1.29 is 4.79 Å². The molecule has 2 aliphatic rings. The van der Waals surface area contributed by atoms with Gasteiger partial charge in [0.05, 0.1) is 4.91 Å². The first-order valence-electron chi connectivity index (χ1n) is 8.26. The molecule has 122 valence electrons. The minimum absolute atomic E-state index is 0.0301. The van der Waals surface area contributed by atoms with Crippen LogP contribution in [0, 0.1) is 6.92 Å². The Hall–Kier alpha value is -2.04. The lowest BCUT2D eigenvalue weighted by atomic mass is 10.0. The molecule has 1 saturated heterocycles. The van der Waals surface area contributed by atoms with E-state index >= 15 is 0 Å². The second kappa shape index (κ2) is 6.46. The number of rotatable bonds is 2. The number of hydrogen-bond acceptors (Lipinski definition) is 3. The molecule has 0 aliphatic carbocycles. The quantitative estimate of drug-likeness (QED) is 0.852. The van der Waals surface area contributed by atoms with Crippen molar-refractivity contribution in [3.8, 4) is 0 Å². The largest absolute Gasteiger partial charge is 0.327 e. The van der Waals surface area contributed by atoms with Gasteiger partial charge in [-0.2, -0.15) is 0 Å². The summed E-state index contributed by atoms with van der Waals surface area (Å²) in [7, 11) is 0. The van der Waals surface area contributed by atoms with Crippen molar-refractivity contribution >= 4 is 23.7 Å². The number of nitrogens with zero attached hydrogens (tertiary/aromatic N) is 1. The molecule has 0 spiro atoms. The zero-order chi connectivity index (χ0) is 16.5. The molecule has 24 heavy (non-hydrogen) atoms. The first-order valence-corrected chi connectivity index (χ1v) is 9.14. The highest BCUT2D eigenvalue weighted by Crippen LogP contribution is 2.33. The average Bonchev–Trinajstić information content (AvgIpc) is 2.97. The SMILES string of the molecule is Cc1ccc(/C=C2/SC(N3CCc4ccccc4C3)NC2=O)cc1. The molecule has 2 aromatic rings. The van der Waals surface area contributed by atoms with Crippen LogP contribution in [0.3, 0.4) is 0 Å². The van der Waals surface area contributed by atoms with Crippen LogP contribution in [0.5, 0.6) is 0 Å². The Morgan fingerprint density at radius 1 is 1.12 bits per heavy atom. The third-order valence-corrected chi connectivity index (χ3v) is 5.78. The number of hydrogen-bond donors (Lipinski definition) is 1. The average molecular weight is 336 g/mol. The Balaban J connectivity index is 1.49. The summed E-state index contributed by atoms with van der Waals surface area (Å²) in [5, 5.41) is 3.12. The predicted octanol–water partition coefficient (Wildman–Crippen LogP) is 3.54. The molecule has 2 aliphatic heterocycles. The van der Waals surface area contributed by atoms with Gasteiger partial charge >= 0.3 is 0 Å². The van der Waals surface area contributed by atoms with E-state index in [1.54, 1.807) is 11.8 Å². The van der Waals surface area contributed by atoms with Crippen molar-refractivity contribution in [1.29, 1.82) is 0 Å². The maximum absolute atomic E-state index is 12.3. The Bertz CT molecular complexity index is 798. The Morgan fingerprint density at radius 2 is 1.88 bits per heavy atom. The summed E-state index contributed by atoms with van der Waals surface area (Å²) in [4.78, 5) is 15.5. The molecule has 4 rings (SSSR count). The van der Waals surface area contributed by atoms with E-state index in [-0.39, 0.29) is 11.4 Å². The number of benzene rings is 2. The Morgan fingerprint density at radius 3 is 2.67 bits per heavy atom. The number of thioether (sulfide) groups is 1. The zero-order valence-electron chi connectivity index (χ0n) is 13.7. The summed E-state index contributed by atoms with van der Waals surface area (Å²) in [6.07, 6.45) is 3.03. The standard InChI is InChI=1S/C20H20N2OS/c1-14-6-8-15(9-7-14)12-18-19(23)21-20(24-18)22-11-10-16-4-2-3-5-17(16)13-22/h2-9,12,20H,10-11,13H2,1H3,(H,21,23)/b18-12+. The monoisotopic (exact) mass is 336 g/mol. The van der Waals surface area contributed by atoms with Crippen LogP contribution in [0.2, 0.25) is 0 Å². The van der Waals surface area contributed by atoms with Crippen LogP contribution in [0.15, 0.2) is 53.4 Å². The molecular formula is C20H20N2OS. The van der Waals surface area contributed by atoms with Crippen LogP contribution in [-0.2, 0) is 17.8 Å². The summed E-state index contributed by atoms with van der Waals surface area (Å²) >= 11 is 1.63. The summed E-state index contributed by atoms with van der Waals surface area (Å²) in [6, 6.07) is 16.8. The van der Waals surface area contributed by atoms with Gasteiger partial charge < -0.3 is 5.32 Å². The molecular weight excluding hydrogens is 316 g/mol. The minimum Gasteiger partial charge on any atom is -0.327 e. The molecule has 4 heteroatoms. The highest BCUT2D eigenvalue weighted by molar-refractivity contribution is 8.05. The van der Waals surface area contributed by atoms with E-state index in [1.165, 1.54) is 16.7 Å². The second-order valence-corrected chi connectivity index (χ2v) is 7.47. The fraction of sp³-hybridized carbons (Fsp3) is 0.250. The highest BCUT2D eigenvalue weighted by Gasteiger charge is 2.33. The molecule has 3 nitrogen and oxygen atoms in total. The van der Waals surface area contributed by atoms with Gasteiger partial charge in [-0.1, -0.05) is 65.9 Å². The van der Waals surface area contributed by atoms with Gasteiger partial charge in [-0.15, -0.1) is 0 Å². The van der Waals surface area contributed by atoms with E-state index < -0.39 is 0 Å². The second-order valence-electron chi connectivity index (χ2n) is 6.35. The summed E-state index contributed by atoms with van der Waals surface area (Å²) < 4.78 is 0. The van der Waals surface area contributed by atoms with Crippen molar-refractivity contribution in [2.45, 2.75) is 25.4 Å². The summed E-state index contributed by atoms with van der Waals surface area (Å²) in [5.41, 5.74) is 5.13. The normalized spacial score (nSPS) is 22.5. The molecule has 1 fully saturated rings. The molecule has 0 aromatic heterocycles. The fourth-order valence-corrected chi connectivity index (χ4v) is 4.29. The van der Waals surface area contributed by atoms with Crippen LogP contribution in [0.4, 0.5) is 0 Å². The van der Waals surface area contributed by atoms with Gasteiger partial charge in [0.1, 0.15) is 5.50 Å². The smallest absolute Gasteiger partial charge is 0.259 e. The molecule has 0 bridgehead atoms. The molecule has 1 atom stereocenters. The Kier molecular flexibility index (Phi) is 4.17. The van der Waals surface area contributed by atoms with Crippen molar-refractivity contribution in [2.24, 2.45) is 0 Å². The van der Waals surface area contributed by atoms with Crippen LogP contribution in [0.25, 0.3) is 6.08 Å². The van der Waals surface area contributed by atoms with Gasteiger partial charge in [0, 0.05) is 13.1 Å². The lowest BCUT2D eigenvalue weighted by Gasteiger charge is -2.32.